The molecule has 0 unspecified atom stereocenters. The van der Waals surface area contributed by atoms with Crippen molar-refractivity contribution >= 4 is 34.7 Å². The Morgan fingerprint density at radius 2 is 1.44 bits per heavy atom. The quantitative estimate of drug-likeness (QED) is 0.540. The fourth-order valence-corrected chi connectivity index (χ4v) is 3.33. The van der Waals surface area contributed by atoms with Gasteiger partial charge in [0.1, 0.15) is 0 Å². The third-order valence-corrected chi connectivity index (χ3v) is 4.88. The SMILES string of the molecule is Cc1ccc(N2C(=O)N(c3ccc(Cl)cc3)CC=C2c2ccccc2)cc1. The zero-order chi connectivity index (χ0) is 18.8. The number of urea groups is 1. The standard InChI is InChI=1S/C23H19ClN2O/c1-17-7-11-21(12-8-17)26-22(18-5-3-2-4-6-18)15-16-25(23(26)27)20-13-9-19(24)10-14-20/h2-15H,16H2,1H3. The highest BCUT2D eigenvalue weighted by molar-refractivity contribution is 6.30. The summed E-state index contributed by atoms with van der Waals surface area (Å²) in [7, 11) is 0. The van der Waals surface area contributed by atoms with E-state index in [1.165, 1.54) is 0 Å². The number of anilines is 2. The summed E-state index contributed by atoms with van der Waals surface area (Å²) in [6, 6.07) is 25.3. The van der Waals surface area contributed by atoms with E-state index in [4.69, 9.17) is 11.6 Å². The van der Waals surface area contributed by atoms with E-state index in [1.54, 1.807) is 21.9 Å². The molecule has 0 radical (unpaired) electrons. The number of halogens is 1. The molecular weight excluding hydrogens is 356 g/mol. The highest BCUT2D eigenvalue weighted by Gasteiger charge is 2.30. The van der Waals surface area contributed by atoms with Crippen LogP contribution in [0, 0.1) is 6.92 Å². The van der Waals surface area contributed by atoms with Crippen molar-refractivity contribution in [2.24, 2.45) is 0 Å². The van der Waals surface area contributed by atoms with E-state index < -0.39 is 0 Å². The number of benzene rings is 3. The number of hydrogen-bond acceptors (Lipinski definition) is 1. The summed E-state index contributed by atoms with van der Waals surface area (Å²) in [5.74, 6) is 0. The minimum absolute atomic E-state index is 0.0810. The van der Waals surface area contributed by atoms with Crippen molar-refractivity contribution in [3.63, 3.8) is 0 Å². The molecule has 3 nitrogen and oxygen atoms in total. The second-order valence-corrected chi connectivity index (χ2v) is 6.93. The zero-order valence-electron chi connectivity index (χ0n) is 15.0. The minimum atomic E-state index is -0.0810. The molecule has 0 saturated carbocycles. The highest BCUT2D eigenvalue weighted by atomic mass is 35.5. The van der Waals surface area contributed by atoms with Crippen molar-refractivity contribution in [2.75, 3.05) is 16.3 Å². The van der Waals surface area contributed by atoms with E-state index in [0.717, 1.165) is 28.2 Å². The summed E-state index contributed by atoms with van der Waals surface area (Å²) < 4.78 is 0. The van der Waals surface area contributed by atoms with E-state index in [-0.39, 0.29) is 6.03 Å². The average Bonchev–Trinajstić information content (AvgIpc) is 2.70. The van der Waals surface area contributed by atoms with Crippen molar-refractivity contribution in [2.45, 2.75) is 6.92 Å². The van der Waals surface area contributed by atoms with Crippen molar-refractivity contribution in [1.82, 2.24) is 0 Å². The number of amides is 2. The molecule has 0 spiro atoms. The summed E-state index contributed by atoms with van der Waals surface area (Å²) in [6.45, 7) is 2.54. The Bertz CT molecular complexity index is 979. The lowest BCUT2D eigenvalue weighted by Gasteiger charge is -2.36. The Kier molecular flexibility index (Phi) is 4.69. The van der Waals surface area contributed by atoms with Gasteiger partial charge < -0.3 is 0 Å². The van der Waals surface area contributed by atoms with Gasteiger partial charge in [-0.25, -0.2) is 4.79 Å². The van der Waals surface area contributed by atoms with Crippen molar-refractivity contribution in [3.8, 4) is 0 Å². The van der Waals surface area contributed by atoms with Gasteiger partial charge in [-0.3, -0.25) is 9.80 Å². The summed E-state index contributed by atoms with van der Waals surface area (Å²) in [6.07, 6.45) is 2.09. The maximum absolute atomic E-state index is 13.5. The van der Waals surface area contributed by atoms with Gasteiger partial charge in [0.2, 0.25) is 0 Å². The molecule has 0 fully saturated rings. The number of carbonyl (C=O) groups is 1. The summed E-state index contributed by atoms with van der Waals surface area (Å²) in [4.78, 5) is 17.0. The lowest BCUT2D eigenvalue weighted by atomic mass is 10.1. The van der Waals surface area contributed by atoms with Crippen LogP contribution in [-0.2, 0) is 0 Å². The fourth-order valence-electron chi connectivity index (χ4n) is 3.21. The Morgan fingerprint density at radius 1 is 0.815 bits per heavy atom. The van der Waals surface area contributed by atoms with Crippen LogP contribution in [0.5, 0.6) is 0 Å². The highest BCUT2D eigenvalue weighted by Crippen LogP contribution is 2.33. The van der Waals surface area contributed by atoms with Gasteiger partial charge >= 0.3 is 6.03 Å². The molecule has 3 aromatic carbocycles. The lowest BCUT2D eigenvalue weighted by molar-refractivity contribution is 0.253. The molecule has 0 N–H and O–H groups in total. The Morgan fingerprint density at radius 3 is 2.11 bits per heavy atom. The maximum Gasteiger partial charge on any atom is 0.333 e. The van der Waals surface area contributed by atoms with Gasteiger partial charge in [-0.2, -0.15) is 0 Å². The van der Waals surface area contributed by atoms with Crippen LogP contribution in [0.15, 0.2) is 84.9 Å². The Balaban J connectivity index is 1.80. The van der Waals surface area contributed by atoms with Crippen LogP contribution in [0.25, 0.3) is 5.70 Å². The maximum atomic E-state index is 13.5. The third kappa shape index (κ3) is 3.46. The van der Waals surface area contributed by atoms with Crippen LogP contribution in [0.1, 0.15) is 11.1 Å². The van der Waals surface area contributed by atoms with Crippen molar-refractivity contribution < 1.29 is 4.79 Å². The monoisotopic (exact) mass is 374 g/mol. The van der Waals surface area contributed by atoms with Gasteiger partial charge in [-0.05, 0) is 55.0 Å². The van der Waals surface area contributed by atoms with Crippen molar-refractivity contribution in [1.29, 1.82) is 0 Å². The van der Waals surface area contributed by atoms with Gasteiger partial charge in [0.25, 0.3) is 0 Å². The topological polar surface area (TPSA) is 23.6 Å². The van der Waals surface area contributed by atoms with Gasteiger partial charge in [0, 0.05) is 17.3 Å². The van der Waals surface area contributed by atoms with Gasteiger partial charge in [-0.1, -0.05) is 59.6 Å². The van der Waals surface area contributed by atoms with E-state index >= 15 is 0 Å². The van der Waals surface area contributed by atoms with Crippen LogP contribution < -0.4 is 9.80 Å². The molecule has 27 heavy (non-hydrogen) atoms. The first kappa shape index (κ1) is 17.4. The fraction of sp³-hybridized carbons (Fsp3) is 0.0870. The molecule has 0 aliphatic carbocycles. The normalized spacial score (nSPS) is 14.3. The number of hydrogen-bond donors (Lipinski definition) is 0. The first-order valence-corrected chi connectivity index (χ1v) is 9.21. The first-order chi connectivity index (χ1) is 13.1. The van der Waals surface area contributed by atoms with E-state index in [2.05, 4.69) is 6.08 Å². The first-order valence-electron chi connectivity index (χ1n) is 8.83. The molecule has 4 rings (SSSR count). The Labute approximate surface area is 164 Å². The molecule has 1 aliphatic heterocycles. The largest absolute Gasteiger partial charge is 0.333 e. The number of carbonyl (C=O) groups excluding carboxylic acids is 1. The number of aryl methyl sites for hydroxylation is 1. The average molecular weight is 375 g/mol. The molecule has 0 atom stereocenters. The van der Waals surface area contributed by atoms with Crippen LogP contribution in [0.4, 0.5) is 16.2 Å². The molecule has 134 valence electrons. The predicted molar refractivity (Wildman–Crippen MR) is 112 cm³/mol. The summed E-state index contributed by atoms with van der Waals surface area (Å²) in [5, 5.41) is 0.652. The number of nitrogens with zero attached hydrogens (tertiary/aromatic N) is 2. The van der Waals surface area contributed by atoms with Crippen LogP contribution >= 0.6 is 11.6 Å². The second kappa shape index (κ2) is 7.29. The number of rotatable bonds is 3. The molecule has 0 aromatic heterocycles. The molecule has 2 amide bonds. The molecule has 1 aliphatic rings. The van der Waals surface area contributed by atoms with Crippen molar-refractivity contribution in [3.05, 3.63) is 101 Å². The smallest absolute Gasteiger partial charge is 0.290 e. The zero-order valence-corrected chi connectivity index (χ0v) is 15.7. The van der Waals surface area contributed by atoms with Crippen LogP contribution in [-0.4, -0.2) is 12.6 Å². The van der Waals surface area contributed by atoms with Crippen LogP contribution in [0.2, 0.25) is 5.02 Å². The third-order valence-electron chi connectivity index (χ3n) is 4.63. The summed E-state index contributed by atoms with van der Waals surface area (Å²) >= 11 is 6.00. The predicted octanol–water partition coefficient (Wildman–Crippen LogP) is 6.14. The van der Waals surface area contributed by atoms with E-state index in [1.807, 2.05) is 73.7 Å². The van der Waals surface area contributed by atoms with E-state index in [9.17, 15) is 4.79 Å². The molecule has 1 heterocycles. The van der Waals surface area contributed by atoms with E-state index in [0.29, 0.717) is 11.6 Å². The summed E-state index contributed by atoms with van der Waals surface area (Å²) in [5.41, 5.74) is 4.74. The Hall–Kier alpha value is -3.04. The minimum Gasteiger partial charge on any atom is -0.290 e. The molecule has 0 saturated heterocycles. The lowest BCUT2D eigenvalue weighted by Crippen LogP contribution is -2.46. The van der Waals surface area contributed by atoms with Gasteiger partial charge in [-0.15, -0.1) is 0 Å². The second-order valence-electron chi connectivity index (χ2n) is 6.50. The molecule has 4 heteroatoms. The molecule has 3 aromatic rings. The van der Waals surface area contributed by atoms with Gasteiger partial charge in [0.15, 0.2) is 0 Å². The van der Waals surface area contributed by atoms with Crippen LogP contribution in [0.3, 0.4) is 0 Å². The van der Waals surface area contributed by atoms with Gasteiger partial charge in [0.05, 0.1) is 11.4 Å². The molecular formula is C23H19ClN2O. The molecule has 0 bridgehead atoms.